The highest BCUT2D eigenvalue weighted by atomic mass is 79.9. The SMILES string of the molecule is COc1ccc(Br)cc1Nc1cc(C(N)=S)ccn1. The molecule has 0 saturated carbocycles. The zero-order valence-corrected chi connectivity index (χ0v) is 12.6. The lowest BCUT2D eigenvalue weighted by atomic mass is 10.2. The maximum atomic E-state index is 5.60. The largest absolute Gasteiger partial charge is 0.495 e. The third kappa shape index (κ3) is 3.42. The Morgan fingerprint density at radius 3 is 2.84 bits per heavy atom. The van der Waals surface area contributed by atoms with Crippen LogP contribution in [-0.2, 0) is 0 Å². The second-order valence-corrected chi connectivity index (χ2v) is 5.12. The van der Waals surface area contributed by atoms with E-state index in [1.54, 1.807) is 25.4 Å². The van der Waals surface area contributed by atoms with E-state index in [4.69, 9.17) is 22.7 Å². The molecule has 0 fully saturated rings. The normalized spacial score (nSPS) is 10.0. The molecule has 4 nitrogen and oxygen atoms in total. The van der Waals surface area contributed by atoms with Crippen LogP contribution >= 0.6 is 28.1 Å². The number of rotatable bonds is 4. The quantitative estimate of drug-likeness (QED) is 0.838. The van der Waals surface area contributed by atoms with Gasteiger partial charge in [0.15, 0.2) is 0 Å². The van der Waals surface area contributed by atoms with Gasteiger partial charge in [0.2, 0.25) is 0 Å². The molecule has 0 unspecified atom stereocenters. The molecule has 6 heteroatoms. The van der Waals surface area contributed by atoms with Gasteiger partial charge in [0.05, 0.1) is 12.8 Å². The number of ether oxygens (including phenoxy) is 1. The summed E-state index contributed by atoms with van der Waals surface area (Å²) in [5.41, 5.74) is 7.17. The number of halogens is 1. The van der Waals surface area contributed by atoms with Crippen molar-refractivity contribution in [1.82, 2.24) is 4.98 Å². The Morgan fingerprint density at radius 2 is 2.16 bits per heavy atom. The monoisotopic (exact) mass is 337 g/mol. The molecule has 1 heterocycles. The standard InChI is InChI=1S/C13H12BrN3OS/c1-18-11-3-2-9(14)7-10(11)17-12-6-8(13(15)19)4-5-16-12/h2-7H,1H3,(H2,15,19)(H,16,17). The van der Waals surface area contributed by atoms with E-state index in [0.717, 1.165) is 21.5 Å². The first-order chi connectivity index (χ1) is 9.10. The summed E-state index contributed by atoms with van der Waals surface area (Å²) in [4.78, 5) is 4.56. The van der Waals surface area contributed by atoms with Crippen molar-refractivity contribution < 1.29 is 4.74 Å². The van der Waals surface area contributed by atoms with Gasteiger partial charge in [0, 0.05) is 16.2 Å². The number of anilines is 2. The number of nitrogens with one attached hydrogen (secondary N) is 1. The van der Waals surface area contributed by atoms with Crippen molar-refractivity contribution in [2.24, 2.45) is 5.73 Å². The molecule has 1 aromatic carbocycles. The van der Waals surface area contributed by atoms with Crippen molar-refractivity contribution in [1.29, 1.82) is 0 Å². The van der Waals surface area contributed by atoms with Gasteiger partial charge in [-0.25, -0.2) is 4.98 Å². The van der Waals surface area contributed by atoms with Crippen LogP contribution in [0.5, 0.6) is 5.75 Å². The Kier molecular flexibility index (Phi) is 4.34. The van der Waals surface area contributed by atoms with Crippen molar-refractivity contribution in [3.05, 3.63) is 46.6 Å². The molecule has 0 bridgehead atoms. The predicted octanol–water partition coefficient (Wildman–Crippen LogP) is 3.23. The number of hydrogen-bond acceptors (Lipinski definition) is 4. The minimum absolute atomic E-state index is 0.339. The summed E-state index contributed by atoms with van der Waals surface area (Å²) in [6, 6.07) is 9.25. The van der Waals surface area contributed by atoms with Crippen LogP contribution in [-0.4, -0.2) is 17.1 Å². The molecule has 0 aliphatic heterocycles. The van der Waals surface area contributed by atoms with Crippen LogP contribution in [0.2, 0.25) is 0 Å². The van der Waals surface area contributed by atoms with Gasteiger partial charge >= 0.3 is 0 Å². The second-order valence-electron chi connectivity index (χ2n) is 3.76. The fourth-order valence-corrected chi connectivity index (χ4v) is 2.06. The molecule has 0 atom stereocenters. The fraction of sp³-hybridized carbons (Fsp3) is 0.0769. The zero-order valence-electron chi connectivity index (χ0n) is 10.2. The third-order valence-electron chi connectivity index (χ3n) is 2.47. The summed E-state index contributed by atoms with van der Waals surface area (Å²) < 4.78 is 6.23. The Balaban J connectivity index is 2.33. The van der Waals surface area contributed by atoms with Crippen molar-refractivity contribution in [3.63, 3.8) is 0 Å². The summed E-state index contributed by atoms with van der Waals surface area (Å²) in [6.07, 6.45) is 1.65. The average Bonchev–Trinajstić information content (AvgIpc) is 2.39. The highest BCUT2D eigenvalue weighted by Crippen LogP contribution is 2.30. The number of methoxy groups -OCH3 is 1. The topological polar surface area (TPSA) is 60.2 Å². The smallest absolute Gasteiger partial charge is 0.142 e. The van der Waals surface area contributed by atoms with Crippen molar-refractivity contribution in [3.8, 4) is 5.75 Å². The average molecular weight is 338 g/mol. The first kappa shape index (κ1) is 13.8. The highest BCUT2D eigenvalue weighted by Gasteiger charge is 2.06. The van der Waals surface area contributed by atoms with Crippen LogP contribution in [0.1, 0.15) is 5.56 Å². The van der Waals surface area contributed by atoms with Gasteiger partial charge in [0.25, 0.3) is 0 Å². The number of thiocarbonyl (C=S) groups is 1. The minimum Gasteiger partial charge on any atom is -0.495 e. The Bertz CT molecular complexity index is 619. The summed E-state index contributed by atoms with van der Waals surface area (Å²) in [5.74, 6) is 1.38. The van der Waals surface area contributed by atoms with E-state index in [2.05, 4.69) is 26.2 Å². The van der Waals surface area contributed by atoms with E-state index in [0.29, 0.717) is 10.8 Å². The Labute approximate surface area is 125 Å². The molecule has 0 saturated heterocycles. The van der Waals surface area contributed by atoms with Gasteiger partial charge in [-0.15, -0.1) is 0 Å². The minimum atomic E-state index is 0.339. The number of hydrogen-bond donors (Lipinski definition) is 2. The highest BCUT2D eigenvalue weighted by molar-refractivity contribution is 9.10. The number of aromatic nitrogens is 1. The van der Waals surface area contributed by atoms with Gasteiger partial charge in [-0.05, 0) is 30.3 Å². The maximum absolute atomic E-state index is 5.60. The second kappa shape index (κ2) is 5.99. The molecule has 0 amide bonds. The number of benzene rings is 1. The van der Waals surface area contributed by atoms with Crippen LogP contribution in [0, 0.1) is 0 Å². The van der Waals surface area contributed by atoms with Crippen LogP contribution < -0.4 is 15.8 Å². The molecule has 19 heavy (non-hydrogen) atoms. The van der Waals surface area contributed by atoms with Crippen molar-refractivity contribution in [2.75, 3.05) is 12.4 Å². The molecule has 0 spiro atoms. The van der Waals surface area contributed by atoms with Gasteiger partial charge in [-0.3, -0.25) is 0 Å². The summed E-state index contributed by atoms with van der Waals surface area (Å²) >= 11 is 8.37. The summed E-state index contributed by atoms with van der Waals surface area (Å²) in [7, 11) is 1.62. The molecule has 0 aliphatic rings. The molecule has 1 aromatic heterocycles. The lowest BCUT2D eigenvalue weighted by Crippen LogP contribution is -2.10. The number of pyridine rings is 1. The van der Waals surface area contributed by atoms with E-state index in [9.17, 15) is 0 Å². The molecular formula is C13H12BrN3OS. The van der Waals surface area contributed by atoms with Gasteiger partial charge in [-0.2, -0.15) is 0 Å². The maximum Gasteiger partial charge on any atom is 0.142 e. The third-order valence-corrected chi connectivity index (χ3v) is 3.20. The van der Waals surface area contributed by atoms with Crippen LogP contribution in [0.25, 0.3) is 0 Å². The first-order valence-corrected chi connectivity index (χ1v) is 6.66. The van der Waals surface area contributed by atoms with E-state index >= 15 is 0 Å². The predicted molar refractivity (Wildman–Crippen MR) is 84.1 cm³/mol. The fourth-order valence-electron chi connectivity index (χ4n) is 1.57. The summed E-state index contributed by atoms with van der Waals surface area (Å²) in [5, 5.41) is 3.18. The van der Waals surface area contributed by atoms with Crippen LogP contribution in [0.3, 0.4) is 0 Å². The number of nitrogens with two attached hydrogens (primary N) is 1. The van der Waals surface area contributed by atoms with Gasteiger partial charge in [0.1, 0.15) is 16.6 Å². The molecule has 3 N–H and O–H groups in total. The lowest BCUT2D eigenvalue weighted by molar-refractivity contribution is 0.416. The lowest BCUT2D eigenvalue weighted by Gasteiger charge is -2.11. The van der Waals surface area contributed by atoms with Gasteiger partial charge in [-0.1, -0.05) is 28.1 Å². The molecule has 2 aromatic rings. The summed E-state index contributed by atoms with van der Waals surface area (Å²) in [6.45, 7) is 0. The molecule has 2 rings (SSSR count). The molecule has 0 radical (unpaired) electrons. The molecule has 0 aliphatic carbocycles. The van der Waals surface area contributed by atoms with Crippen LogP contribution in [0.4, 0.5) is 11.5 Å². The van der Waals surface area contributed by atoms with Crippen molar-refractivity contribution >= 4 is 44.6 Å². The van der Waals surface area contributed by atoms with E-state index in [1.807, 2.05) is 18.2 Å². The number of nitrogens with zero attached hydrogens (tertiary/aromatic N) is 1. The van der Waals surface area contributed by atoms with E-state index < -0.39 is 0 Å². The van der Waals surface area contributed by atoms with Crippen molar-refractivity contribution in [2.45, 2.75) is 0 Å². The first-order valence-electron chi connectivity index (χ1n) is 5.46. The zero-order chi connectivity index (χ0) is 13.8. The van der Waals surface area contributed by atoms with E-state index in [-0.39, 0.29) is 0 Å². The van der Waals surface area contributed by atoms with E-state index in [1.165, 1.54) is 0 Å². The van der Waals surface area contributed by atoms with Crippen LogP contribution in [0.15, 0.2) is 41.0 Å². The molecular weight excluding hydrogens is 326 g/mol. The Hall–Kier alpha value is -1.66. The van der Waals surface area contributed by atoms with Gasteiger partial charge < -0.3 is 15.8 Å². The molecule has 98 valence electrons. The Morgan fingerprint density at radius 1 is 1.37 bits per heavy atom.